The molecule has 0 spiro atoms. The van der Waals surface area contributed by atoms with E-state index in [1.54, 1.807) is 0 Å². The largest absolute Gasteiger partial charge is 0.461 e. The first kappa shape index (κ1) is 17.6. The minimum atomic E-state index is -0.269. The quantitative estimate of drug-likeness (QED) is 0.724. The maximum Gasteiger partial charge on any atom is 0.298 e. The van der Waals surface area contributed by atoms with E-state index in [1.165, 1.54) is 6.42 Å². The van der Waals surface area contributed by atoms with E-state index in [2.05, 4.69) is 14.9 Å². The highest BCUT2D eigenvalue weighted by atomic mass is 35.5. The van der Waals surface area contributed by atoms with E-state index < -0.39 is 0 Å². The molecule has 0 radical (unpaired) electrons. The van der Waals surface area contributed by atoms with Gasteiger partial charge in [0, 0.05) is 13.1 Å². The normalized spacial score (nSPS) is 17.7. The standard InChI is InChI=1S/C20H22ClN5O2/c21-14-9-2-3-10-15(14)26-16-17(23-20(26)25-11-4-1-5-12-25)22-19(24-18(16)27)28-13-7-6-8-13/h2-3,9-10,13H,1,4-8,11-12H2,(H,22,24,27). The Hall–Kier alpha value is -2.54. The molecule has 2 aliphatic rings. The molecule has 7 nitrogen and oxygen atoms in total. The minimum absolute atomic E-state index is 0.132. The minimum Gasteiger partial charge on any atom is -0.461 e. The summed E-state index contributed by atoms with van der Waals surface area (Å²) >= 11 is 6.48. The van der Waals surface area contributed by atoms with Gasteiger partial charge in [0.1, 0.15) is 6.10 Å². The van der Waals surface area contributed by atoms with Gasteiger partial charge in [-0.25, -0.2) is 0 Å². The van der Waals surface area contributed by atoms with Crippen LogP contribution in [0.15, 0.2) is 29.1 Å². The highest BCUT2D eigenvalue weighted by Gasteiger charge is 2.26. The van der Waals surface area contributed by atoms with E-state index in [4.69, 9.17) is 21.3 Å². The fourth-order valence-electron chi connectivity index (χ4n) is 3.83. The number of ether oxygens (including phenoxy) is 1. The zero-order valence-electron chi connectivity index (χ0n) is 15.5. The summed E-state index contributed by atoms with van der Waals surface area (Å²) in [6.45, 7) is 1.80. The Bertz CT molecular complexity index is 1070. The van der Waals surface area contributed by atoms with Crippen LogP contribution in [-0.2, 0) is 0 Å². The zero-order chi connectivity index (χ0) is 19.1. The lowest BCUT2D eigenvalue weighted by molar-refractivity contribution is 0.108. The molecule has 2 aromatic heterocycles. The molecule has 5 rings (SSSR count). The number of aromatic nitrogens is 4. The molecule has 1 saturated carbocycles. The molecular formula is C20H22ClN5O2. The van der Waals surface area contributed by atoms with Crippen molar-refractivity contribution in [1.82, 2.24) is 19.5 Å². The molecule has 8 heteroatoms. The Labute approximate surface area is 167 Å². The number of hydrogen-bond acceptors (Lipinski definition) is 5. The number of nitrogens with zero attached hydrogens (tertiary/aromatic N) is 4. The Morgan fingerprint density at radius 1 is 1.07 bits per heavy atom. The number of hydrogen-bond donors (Lipinski definition) is 1. The lowest BCUT2D eigenvalue weighted by Crippen LogP contribution is -2.32. The number of nitrogens with one attached hydrogen (secondary N) is 1. The summed E-state index contributed by atoms with van der Waals surface area (Å²) in [5, 5.41) is 0.564. The van der Waals surface area contributed by atoms with Crippen molar-refractivity contribution >= 4 is 28.7 Å². The van der Waals surface area contributed by atoms with Crippen LogP contribution in [0.3, 0.4) is 0 Å². The SMILES string of the molecule is O=c1[nH]c(OC2CCC2)nc2nc(N3CCCCC3)n(-c3ccccc3Cl)c12. The number of halogens is 1. The van der Waals surface area contributed by atoms with Crippen molar-refractivity contribution < 1.29 is 4.74 Å². The van der Waals surface area contributed by atoms with Crippen molar-refractivity contribution in [3.05, 3.63) is 39.6 Å². The lowest BCUT2D eigenvalue weighted by Gasteiger charge is -2.28. The molecule has 2 fully saturated rings. The van der Waals surface area contributed by atoms with Crippen molar-refractivity contribution in [3.8, 4) is 11.7 Å². The van der Waals surface area contributed by atoms with Crippen LogP contribution in [0, 0.1) is 0 Å². The average molecular weight is 400 g/mol. The second-order valence-corrected chi connectivity index (χ2v) is 7.87. The van der Waals surface area contributed by atoms with Gasteiger partial charge >= 0.3 is 0 Å². The van der Waals surface area contributed by atoms with Gasteiger partial charge < -0.3 is 9.64 Å². The molecule has 0 unspecified atom stereocenters. The molecule has 1 aliphatic heterocycles. The lowest BCUT2D eigenvalue weighted by atomic mass is 9.96. The number of rotatable bonds is 4. The van der Waals surface area contributed by atoms with Crippen LogP contribution in [-0.4, -0.2) is 38.7 Å². The van der Waals surface area contributed by atoms with Gasteiger partial charge in [-0.3, -0.25) is 14.3 Å². The molecule has 146 valence electrons. The average Bonchev–Trinajstić information content (AvgIpc) is 3.06. The molecule has 28 heavy (non-hydrogen) atoms. The number of aromatic amines is 1. The Morgan fingerprint density at radius 3 is 2.57 bits per heavy atom. The Balaban J connectivity index is 1.69. The number of para-hydroxylation sites is 1. The fourth-order valence-corrected chi connectivity index (χ4v) is 4.05. The molecule has 1 aliphatic carbocycles. The summed E-state index contributed by atoms with van der Waals surface area (Å²) in [5.74, 6) is 0.710. The maximum atomic E-state index is 13.0. The third-order valence-electron chi connectivity index (χ3n) is 5.55. The second kappa shape index (κ2) is 7.13. The summed E-state index contributed by atoms with van der Waals surface area (Å²) in [6, 6.07) is 7.74. The molecule has 3 heterocycles. The monoisotopic (exact) mass is 399 g/mol. The first-order valence-corrected chi connectivity index (χ1v) is 10.3. The molecule has 0 atom stereocenters. The predicted molar refractivity (Wildman–Crippen MR) is 109 cm³/mol. The van der Waals surface area contributed by atoms with E-state index in [9.17, 15) is 4.79 Å². The fraction of sp³-hybridized carbons (Fsp3) is 0.450. The number of H-pyrrole nitrogens is 1. The van der Waals surface area contributed by atoms with Crippen LogP contribution in [0.2, 0.25) is 5.02 Å². The highest BCUT2D eigenvalue weighted by molar-refractivity contribution is 6.32. The molecule has 1 N–H and O–H groups in total. The summed E-state index contributed by atoms with van der Waals surface area (Å²) < 4.78 is 7.64. The van der Waals surface area contributed by atoms with Crippen LogP contribution < -0.4 is 15.2 Å². The highest BCUT2D eigenvalue weighted by Crippen LogP contribution is 2.31. The van der Waals surface area contributed by atoms with Gasteiger partial charge in [-0.15, -0.1) is 0 Å². The van der Waals surface area contributed by atoms with Gasteiger partial charge in [-0.2, -0.15) is 9.97 Å². The molecule has 1 aromatic carbocycles. The smallest absolute Gasteiger partial charge is 0.298 e. The summed E-state index contributed by atoms with van der Waals surface area (Å²) in [4.78, 5) is 27.2. The van der Waals surface area contributed by atoms with Crippen molar-refractivity contribution in [1.29, 1.82) is 0 Å². The zero-order valence-corrected chi connectivity index (χ0v) is 16.3. The van der Waals surface area contributed by atoms with Crippen molar-refractivity contribution in [3.63, 3.8) is 0 Å². The van der Waals surface area contributed by atoms with Gasteiger partial charge in [0.15, 0.2) is 11.2 Å². The third kappa shape index (κ3) is 3.03. The van der Waals surface area contributed by atoms with E-state index in [0.29, 0.717) is 22.1 Å². The predicted octanol–water partition coefficient (Wildman–Crippen LogP) is 3.68. The van der Waals surface area contributed by atoms with Crippen molar-refractivity contribution in [2.45, 2.75) is 44.6 Å². The van der Waals surface area contributed by atoms with E-state index in [0.717, 1.165) is 50.9 Å². The second-order valence-electron chi connectivity index (χ2n) is 7.46. The van der Waals surface area contributed by atoms with Crippen LogP contribution in [0.5, 0.6) is 6.01 Å². The first-order valence-electron chi connectivity index (χ1n) is 9.90. The van der Waals surface area contributed by atoms with Gasteiger partial charge in [0.05, 0.1) is 10.7 Å². The molecular weight excluding hydrogens is 378 g/mol. The first-order chi connectivity index (χ1) is 13.7. The molecule has 0 amide bonds. The number of fused-ring (bicyclic) bond motifs is 1. The van der Waals surface area contributed by atoms with E-state index >= 15 is 0 Å². The van der Waals surface area contributed by atoms with Crippen LogP contribution in [0.25, 0.3) is 16.9 Å². The number of benzene rings is 1. The number of anilines is 1. The van der Waals surface area contributed by atoms with E-state index in [-0.39, 0.29) is 17.7 Å². The van der Waals surface area contributed by atoms with Crippen LogP contribution >= 0.6 is 11.6 Å². The number of imidazole rings is 1. The Kier molecular flexibility index (Phi) is 4.47. The third-order valence-corrected chi connectivity index (χ3v) is 5.87. The van der Waals surface area contributed by atoms with Gasteiger partial charge in [0.25, 0.3) is 11.6 Å². The van der Waals surface area contributed by atoms with Crippen LogP contribution in [0.4, 0.5) is 5.95 Å². The van der Waals surface area contributed by atoms with Crippen molar-refractivity contribution in [2.24, 2.45) is 0 Å². The number of piperidine rings is 1. The Morgan fingerprint density at radius 2 is 1.86 bits per heavy atom. The summed E-state index contributed by atoms with van der Waals surface area (Å²) in [6.07, 6.45) is 6.69. The van der Waals surface area contributed by atoms with Gasteiger partial charge in [-0.1, -0.05) is 23.7 Å². The summed E-state index contributed by atoms with van der Waals surface area (Å²) in [5.41, 5.74) is 1.25. The molecule has 3 aromatic rings. The molecule has 0 bridgehead atoms. The summed E-state index contributed by atoms with van der Waals surface area (Å²) in [7, 11) is 0. The maximum absolute atomic E-state index is 13.0. The van der Waals surface area contributed by atoms with Crippen LogP contribution in [0.1, 0.15) is 38.5 Å². The van der Waals surface area contributed by atoms with E-state index in [1.807, 2.05) is 28.8 Å². The van der Waals surface area contributed by atoms with Crippen molar-refractivity contribution in [2.75, 3.05) is 18.0 Å². The molecule has 1 saturated heterocycles. The van der Waals surface area contributed by atoms with Gasteiger partial charge in [-0.05, 0) is 50.7 Å². The van der Waals surface area contributed by atoms with Gasteiger partial charge in [0.2, 0.25) is 5.95 Å². The topological polar surface area (TPSA) is 76.0 Å².